The van der Waals surface area contributed by atoms with Gasteiger partial charge in [-0.1, -0.05) is 32.5 Å². The average molecular weight is 297 g/mol. The van der Waals surface area contributed by atoms with E-state index in [9.17, 15) is 0 Å². The smallest absolute Gasteiger partial charge is 0.157 e. The van der Waals surface area contributed by atoms with Crippen LogP contribution in [0.1, 0.15) is 46.0 Å². The minimum atomic E-state index is -0.153. The van der Waals surface area contributed by atoms with Crippen molar-refractivity contribution in [1.29, 1.82) is 0 Å². The molecule has 106 valence electrons. The zero-order chi connectivity index (χ0) is 14.1. The van der Waals surface area contributed by atoms with E-state index in [0.717, 1.165) is 22.3 Å². The largest absolute Gasteiger partial charge is 0.354 e. The third kappa shape index (κ3) is 3.72. The van der Waals surface area contributed by atoms with Gasteiger partial charge in [-0.2, -0.15) is 0 Å². The van der Waals surface area contributed by atoms with Crippen molar-refractivity contribution in [3.8, 4) is 0 Å². The molecule has 5 heteroatoms. The van der Waals surface area contributed by atoms with Crippen LogP contribution in [0.15, 0.2) is 16.6 Å². The van der Waals surface area contributed by atoms with Crippen LogP contribution in [0.3, 0.4) is 0 Å². The van der Waals surface area contributed by atoms with Crippen molar-refractivity contribution in [3.63, 3.8) is 0 Å². The van der Waals surface area contributed by atoms with Crippen LogP contribution in [0.2, 0.25) is 0 Å². The van der Waals surface area contributed by atoms with E-state index < -0.39 is 0 Å². The first kappa shape index (κ1) is 14.9. The summed E-state index contributed by atoms with van der Waals surface area (Å²) in [5.74, 6) is 1.14. The van der Waals surface area contributed by atoms with Crippen LogP contribution < -0.4 is 5.32 Å². The van der Waals surface area contributed by atoms with E-state index in [1.807, 2.05) is 23.3 Å². The standard InChI is InChI=1S/C14H23N3S2/c1-13(2,3)10-6-8-19-12(16-10)17-14(4,5)11-15-7-9-18-11/h7,9-10H,6,8H2,1-5H3,(H,16,17). The van der Waals surface area contributed by atoms with Crippen molar-refractivity contribution in [1.82, 2.24) is 10.3 Å². The Morgan fingerprint density at radius 1 is 1.26 bits per heavy atom. The molecule has 0 aromatic carbocycles. The molecule has 0 aliphatic carbocycles. The predicted molar refractivity (Wildman–Crippen MR) is 86.0 cm³/mol. The maximum atomic E-state index is 4.89. The summed E-state index contributed by atoms with van der Waals surface area (Å²) in [5.41, 5.74) is 0.0824. The second kappa shape index (κ2) is 5.44. The summed E-state index contributed by atoms with van der Waals surface area (Å²) < 4.78 is 0. The Morgan fingerprint density at radius 2 is 2.00 bits per heavy atom. The van der Waals surface area contributed by atoms with Crippen LogP contribution in [0.4, 0.5) is 0 Å². The number of amidine groups is 1. The lowest BCUT2D eigenvalue weighted by Crippen LogP contribution is -2.42. The van der Waals surface area contributed by atoms with Gasteiger partial charge in [0.1, 0.15) is 5.01 Å². The molecule has 1 aliphatic heterocycles. The fraction of sp³-hybridized carbons (Fsp3) is 0.714. The molecule has 0 saturated carbocycles. The molecule has 0 fully saturated rings. The maximum Gasteiger partial charge on any atom is 0.157 e. The summed E-state index contributed by atoms with van der Waals surface area (Å²) in [6.45, 7) is 11.1. The highest BCUT2D eigenvalue weighted by atomic mass is 32.2. The molecule has 2 rings (SSSR count). The summed E-state index contributed by atoms with van der Waals surface area (Å²) in [6.07, 6.45) is 3.02. The normalized spacial score (nSPS) is 21.1. The summed E-state index contributed by atoms with van der Waals surface area (Å²) in [7, 11) is 0. The molecular formula is C14H23N3S2. The van der Waals surface area contributed by atoms with E-state index in [0.29, 0.717) is 6.04 Å². The van der Waals surface area contributed by atoms with Crippen molar-refractivity contribution in [2.45, 2.75) is 52.6 Å². The minimum Gasteiger partial charge on any atom is -0.354 e. The monoisotopic (exact) mass is 297 g/mol. The van der Waals surface area contributed by atoms with Crippen LogP contribution >= 0.6 is 23.1 Å². The molecule has 19 heavy (non-hydrogen) atoms. The van der Waals surface area contributed by atoms with E-state index >= 15 is 0 Å². The Balaban J connectivity index is 2.12. The highest BCUT2D eigenvalue weighted by Crippen LogP contribution is 2.31. The van der Waals surface area contributed by atoms with Gasteiger partial charge in [-0.3, -0.25) is 4.99 Å². The van der Waals surface area contributed by atoms with Gasteiger partial charge in [0.2, 0.25) is 0 Å². The average Bonchev–Trinajstić information content (AvgIpc) is 2.81. The van der Waals surface area contributed by atoms with E-state index in [2.05, 4.69) is 44.9 Å². The van der Waals surface area contributed by atoms with Crippen LogP contribution in [0.25, 0.3) is 0 Å². The summed E-state index contributed by atoms with van der Waals surface area (Å²) >= 11 is 3.51. The van der Waals surface area contributed by atoms with Crippen LogP contribution in [-0.2, 0) is 5.54 Å². The second-order valence-corrected chi connectivity index (χ2v) is 8.52. The van der Waals surface area contributed by atoms with Gasteiger partial charge in [0, 0.05) is 17.3 Å². The molecule has 1 atom stereocenters. The highest BCUT2D eigenvalue weighted by molar-refractivity contribution is 8.13. The number of nitrogens with one attached hydrogen (secondary N) is 1. The third-order valence-corrected chi connectivity index (χ3v) is 5.31. The summed E-state index contributed by atoms with van der Waals surface area (Å²) in [6, 6.07) is 0.406. The molecule has 1 aromatic rings. The SMILES string of the molecule is CC(C)(NC1=NC(C(C)(C)C)CCS1)c1nccs1. The Labute approximate surface area is 124 Å². The quantitative estimate of drug-likeness (QED) is 0.900. The Bertz CT molecular complexity index is 444. The van der Waals surface area contributed by atoms with E-state index in [4.69, 9.17) is 4.99 Å². The predicted octanol–water partition coefficient (Wildman–Crippen LogP) is 3.88. The van der Waals surface area contributed by atoms with E-state index in [1.165, 1.54) is 0 Å². The van der Waals surface area contributed by atoms with Crippen LogP contribution in [0, 0.1) is 5.41 Å². The van der Waals surface area contributed by atoms with Gasteiger partial charge in [0.15, 0.2) is 5.17 Å². The van der Waals surface area contributed by atoms with Crippen LogP contribution in [-0.4, -0.2) is 21.9 Å². The summed E-state index contributed by atoms with van der Waals surface area (Å²) in [5, 5.41) is 7.75. The molecule has 1 N–H and O–H groups in total. The van der Waals surface area contributed by atoms with Crippen molar-refractivity contribution >= 4 is 28.3 Å². The van der Waals surface area contributed by atoms with Gasteiger partial charge in [-0.15, -0.1) is 11.3 Å². The van der Waals surface area contributed by atoms with E-state index in [1.54, 1.807) is 11.3 Å². The molecular weight excluding hydrogens is 274 g/mol. The van der Waals surface area contributed by atoms with Crippen molar-refractivity contribution in [3.05, 3.63) is 16.6 Å². The number of rotatable bonds is 2. The third-order valence-electron chi connectivity index (χ3n) is 3.29. The molecule has 1 unspecified atom stereocenters. The minimum absolute atomic E-state index is 0.153. The van der Waals surface area contributed by atoms with Gasteiger partial charge < -0.3 is 5.32 Å². The molecule has 0 radical (unpaired) electrons. The van der Waals surface area contributed by atoms with Gasteiger partial charge >= 0.3 is 0 Å². The lowest BCUT2D eigenvalue weighted by molar-refractivity contribution is 0.314. The van der Waals surface area contributed by atoms with Gasteiger partial charge in [0.25, 0.3) is 0 Å². The van der Waals surface area contributed by atoms with Crippen LogP contribution in [0.5, 0.6) is 0 Å². The first-order chi connectivity index (χ1) is 8.79. The molecule has 3 nitrogen and oxygen atoms in total. The van der Waals surface area contributed by atoms with Crippen molar-refractivity contribution < 1.29 is 0 Å². The van der Waals surface area contributed by atoms with Gasteiger partial charge in [0.05, 0.1) is 11.6 Å². The first-order valence-corrected chi connectivity index (χ1v) is 8.54. The second-order valence-electron chi connectivity index (χ2n) is 6.54. The fourth-order valence-electron chi connectivity index (χ4n) is 2.06. The van der Waals surface area contributed by atoms with Gasteiger partial charge in [-0.25, -0.2) is 4.98 Å². The molecule has 1 aliphatic rings. The molecule has 2 heterocycles. The lowest BCUT2D eigenvalue weighted by atomic mass is 9.85. The fourth-order valence-corrected chi connectivity index (χ4v) is 3.84. The number of hydrogen-bond acceptors (Lipinski definition) is 5. The molecule has 1 aromatic heterocycles. The number of aliphatic imine (C=N–C) groups is 1. The highest BCUT2D eigenvalue weighted by Gasteiger charge is 2.30. The number of thioether (sulfide) groups is 1. The molecule has 0 saturated heterocycles. The zero-order valence-electron chi connectivity index (χ0n) is 12.4. The first-order valence-electron chi connectivity index (χ1n) is 6.68. The molecule has 0 amide bonds. The van der Waals surface area contributed by atoms with Crippen molar-refractivity contribution in [2.75, 3.05) is 5.75 Å². The number of hydrogen-bond donors (Lipinski definition) is 1. The number of nitrogens with zero attached hydrogens (tertiary/aromatic N) is 2. The lowest BCUT2D eigenvalue weighted by Gasteiger charge is -2.33. The Kier molecular flexibility index (Phi) is 4.26. The number of thiazole rings is 1. The summed E-state index contributed by atoms with van der Waals surface area (Å²) in [4.78, 5) is 9.31. The maximum absolute atomic E-state index is 4.89. The molecule has 0 bridgehead atoms. The van der Waals surface area contributed by atoms with E-state index in [-0.39, 0.29) is 11.0 Å². The Morgan fingerprint density at radius 3 is 2.58 bits per heavy atom. The molecule has 0 spiro atoms. The zero-order valence-corrected chi connectivity index (χ0v) is 14.0. The number of aromatic nitrogens is 1. The van der Waals surface area contributed by atoms with Gasteiger partial charge in [-0.05, 0) is 25.7 Å². The Hall–Kier alpha value is -0.550. The van der Waals surface area contributed by atoms with Crippen molar-refractivity contribution in [2.24, 2.45) is 10.4 Å². The topological polar surface area (TPSA) is 37.3 Å².